The van der Waals surface area contributed by atoms with E-state index >= 15 is 0 Å². The number of rotatable bonds is 7. The molecule has 106 valence electrons. The molecule has 0 rings (SSSR count). The maximum atomic E-state index is 11.6. The molecule has 0 aromatic carbocycles. The molecule has 0 spiro atoms. The van der Waals surface area contributed by atoms with Crippen LogP contribution >= 0.6 is 11.6 Å². The lowest BCUT2D eigenvalue weighted by Crippen LogP contribution is -2.66. The number of alkyl halides is 1. The lowest BCUT2D eigenvalue weighted by Gasteiger charge is -2.44. The van der Waals surface area contributed by atoms with Gasteiger partial charge < -0.3 is 15.5 Å². The molecule has 0 aliphatic rings. The Morgan fingerprint density at radius 3 is 2.06 bits per heavy atom. The van der Waals surface area contributed by atoms with Gasteiger partial charge in [-0.3, -0.25) is 9.59 Å². The third-order valence-corrected chi connectivity index (χ3v) is 3.52. The number of aliphatic carboxylic acids is 2. The van der Waals surface area contributed by atoms with Crippen LogP contribution in [0, 0.1) is 11.3 Å². The SMILES string of the molecule is CC(C(=O)O)[C@@](NCCCCl)(C(=O)O)C(C)(C)C. The summed E-state index contributed by atoms with van der Waals surface area (Å²) in [5.74, 6) is -2.94. The van der Waals surface area contributed by atoms with Gasteiger partial charge in [0.25, 0.3) is 0 Å². The first-order valence-corrected chi connectivity index (χ1v) is 6.42. The van der Waals surface area contributed by atoms with E-state index < -0.39 is 28.8 Å². The van der Waals surface area contributed by atoms with Crippen molar-refractivity contribution in [3.63, 3.8) is 0 Å². The highest BCUT2D eigenvalue weighted by Crippen LogP contribution is 2.37. The Balaban J connectivity index is 5.45. The van der Waals surface area contributed by atoms with Gasteiger partial charge in [0.15, 0.2) is 0 Å². The summed E-state index contributed by atoms with van der Waals surface area (Å²) in [4.78, 5) is 22.8. The summed E-state index contributed by atoms with van der Waals surface area (Å²) < 4.78 is 0. The molecule has 3 N–H and O–H groups in total. The Labute approximate surface area is 113 Å². The van der Waals surface area contributed by atoms with Crippen LogP contribution in [0.3, 0.4) is 0 Å². The van der Waals surface area contributed by atoms with Gasteiger partial charge in [0.1, 0.15) is 5.54 Å². The molecule has 0 amide bonds. The molecular formula is C12H22ClNO4. The zero-order valence-electron chi connectivity index (χ0n) is 11.3. The minimum atomic E-state index is -1.52. The fraction of sp³-hybridized carbons (Fsp3) is 0.833. The van der Waals surface area contributed by atoms with Crippen LogP contribution in [0.4, 0.5) is 0 Å². The third-order valence-electron chi connectivity index (χ3n) is 3.25. The molecule has 0 aliphatic heterocycles. The molecule has 0 aromatic heterocycles. The second-order valence-corrected chi connectivity index (χ2v) is 5.77. The molecular weight excluding hydrogens is 258 g/mol. The van der Waals surface area contributed by atoms with Crippen LogP contribution < -0.4 is 5.32 Å². The molecule has 1 unspecified atom stereocenters. The van der Waals surface area contributed by atoms with Gasteiger partial charge in [0.2, 0.25) is 0 Å². The number of halogens is 1. The summed E-state index contributed by atoms with van der Waals surface area (Å²) >= 11 is 5.56. The van der Waals surface area contributed by atoms with E-state index in [1.807, 2.05) is 0 Å². The Bertz CT molecular complexity index is 314. The summed E-state index contributed by atoms with van der Waals surface area (Å²) in [5.41, 5.74) is -2.27. The summed E-state index contributed by atoms with van der Waals surface area (Å²) in [5, 5.41) is 21.6. The van der Waals surface area contributed by atoms with Crippen molar-refractivity contribution in [2.75, 3.05) is 12.4 Å². The maximum Gasteiger partial charge on any atom is 0.325 e. The number of carbonyl (C=O) groups is 2. The van der Waals surface area contributed by atoms with Crippen molar-refractivity contribution in [3.8, 4) is 0 Å². The molecule has 18 heavy (non-hydrogen) atoms. The van der Waals surface area contributed by atoms with E-state index in [0.717, 1.165) is 0 Å². The van der Waals surface area contributed by atoms with Crippen LogP contribution in [0.25, 0.3) is 0 Å². The summed E-state index contributed by atoms with van der Waals surface area (Å²) in [6.07, 6.45) is 0.582. The Hall–Kier alpha value is -0.810. The molecule has 5 nitrogen and oxygen atoms in total. The van der Waals surface area contributed by atoms with Gasteiger partial charge in [-0.05, 0) is 25.3 Å². The van der Waals surface area contributed by atoms with Crippen LogP contribution in [0.2, 0.25) is 0 Å². The van der Waals surface area contributed by atoms with Crippen molar-refractivity contribution in [2.45, 2.75) is 39.7 Å². The van der Waals surface area contributed by atoms with E-state index in [0.29, 0.717) is 18.8 Å². The Kier molecular flexibility index (Phi) is 6.10. The van der Waals surface area contributed by atoms with E-state index in [2.05, 4.69) is 5.32 Å². The van der Waals surface area contributed by atoms with Crippen LogP contribution in [-0.2, 0) is 9.59 Å². The van der Waals surface area contributed by atoms with E-state index in [1.54, 1.807) is 20.8 Å². The van der Waals surface area contributed by atoms with Gasteiger partial charge >= 0.3 is 11.9 Å². The quantitative estimate of drug-likeness (QED) is 0.489. The first kappa shape index (κ1) is 17.2. The number of hydrogen-bond donors (Lipinski definition) is 3. The van der Waals surface area contributed by atoms with Crippen molar-refractivity contribution in [2.24, 2.45) is 11.3 Å². The van der Waals surface area contributed by atoms with Gasteiger partial charge in [-0.15, -0.1) is 11.6 Å². The predicted octanol–water partition coefficient (Wildman–Crippen LogP) is 1.80. The zero-order chi connectivity index (χ0) is 14.6. The van der Waals surface area contributed by atoms with E-state index in [4.69, 9.17) is 16.7 Å². The van der Waals surface area contributed by atoms with Crippen molar-refractivity contribution < 1.29 is 19.8 Å². The van der Waals surface area contributed by atoms with Crippen LogP contribution in [0.5, 0.6) is 0 Å². The molecule has 0 aliphatic carbocycles. The van der Waals surface area contributed by atoms with Crippen LogP contribution in [0.1, 0.15) is 34.1 Å². The maximum absolute atomic E-state index is 11.6. The molecule has 0 fully saturated rings. The average Bonchev–Trinajstić information content (AvgIpc) is 2.21. The molecule has 0 heterocycles. The highest BCUT2D eigenvalue weighted by molar-refractivity contribution is 6.17. The smallest absolute Gasteiger partial charge is 0.325 e. The number of hydrogen-bond acceptors (Lipinski definition) is 3. The fourth-order valence-corrected chi connectivity index (χ4v) is 2.32. The minimum Gasteiger partial charge on any atom is -0.481 e. The molecule has 6 heteroatoms. The minimum absolute atomic E-state index is 0.366. The van der Waals surface area contributed by atoms with Crippen LogP contribution in [-0.4, -0.2) is 40.1 Å². The van der Waals surface area contributed by atoms with E-state index in [-0.39, 0.29) is 0 Å². The summed E-state index contributed by atoms with van der Waals surface area (Å²) in [6.45, 7) is 6.93. The van der Waals surface area contributed by atoms with Crippen molar-refractivity contribution in [3.05, 3.63) is 0 Å². The van der Waals surface area contributed by atoms with Gasteiger partial charge in [0, 0.05) is 5.88 Å². The van der Waals surface area contributed by atoms with E-state index in [1.165, 1.54) is 6.92 Å². The average molecular weight is 280 g/mol. The van der Waals surface area contributed by atoms with Crippen molar-refractivity contribution in [1.29, 1.82) is 0 Å². The highest BCUT2D eigenvalue weighted by atomic mass is 35.5. The Morgan fingerprint density at radius 1 is 1.28 bits per heavy atom. The molecule has 0 aromatic rings. The van der Waals surface area contributed by atoms with E-state index in [9.17, 15) is 14.7 Å². The predicted molar refractivity (Wildman–Crippen MR) is 70.0 cm³/mol. The lowest BCUT2D eigenvalue weighted by molar-refractivity contribution is -0.163. The third kappa shape index (κ3) is 3.36. The number of carboxylic acids is 2. The fourth-order valence-electron chi connectivity index (χ4n) is 2.19. The first-order chi connectivity index (χ1) is 8.11. The first-order valence-electron chi connectivity index (χ1n) is 5.88. The standard InChI is InChI=1S/C12H22ClNO4/c1-8(9(15)16)12(10(17)18,11(2,3)4)14-7-5-6-13/h8,14H,5-7H2,1-4H3,(H,15,16)(H,17,18)/t8?,12-/m1/s1. The number of nitrogens with one attached hydrogen (secondary N) is 1. The summed E-state index contributed by atoms with van der Waals surface area (Å²) in [7, 11) is 0. The van der Waals surface area contributed by atoms with Gasteiger partial charge in [0.05, 0.1) is 5.92 Å². The second kappa shape index (κ2) is 6.38. The molecule has 0 radical (unpaired) electrons. The molecule has 0 saturated carbocycles. The zero-order valence-corrected chi connectivity index (χ0v) is 12.0. The normalized spacial score (nSPS) is 16.9. The molecule has 0 saturated heterocycles. The molecule has 2 atom stereocenters. The Morgan fingerprint density at radius 2 is 1.78 bits per heavy atom. The monoisotopic (exact) mass is 279 g/mol. The summed E-state index contributed by atoms with van der Waals surface area (Å²) in [6, 6.07) is 0. The van der Waals surface area contributed by atoms with Crippen LogP contribution in [0.15, 0.2) is 0 Å². The largest absolute Gasteiger partial charge is 0.481 e. The topological polar surface area (TPSA) is 86.6 Å². The van der Waals surface area contributed by atoms with Gasteiger partial charge in [-0.2, -0.15) is 0 Å². The van der Waals surface area contributed by atoms with Gasteiger partial charge in [-0.25, -0.2) is 0 Å². The second-order valence-electron chi connectivity index (χ2n) is 5.39. The highest BCUT2D eigenvalue weighted by Gasteiger charge is 2.55. The molecule has 0 bridgehead atoms. The van der Waals surface area contributed by atoms with Crippen molar-refractivity contribution in [1.82, 2.24) is 5.32 Å². The lowest BCUT2D eigenvalue weighted by atomic mass is 9.66. The van der Waals surface area contributed by atoms with Crippen molar-refractivity contribution >= 4 is 23.5 Å². The van der Waals surface area contributed by atoms with Gasteiger partial charge in [-0.1, -0.05) is 20.8 Å². The number of carboxylic acid groups (broad SMARTS) is 2.